The molecule has 1 aromatic carbocycles. The Hall–Kier alpha value is -1.36. The van der Waals surface area contributed by atoms with Crippen LogP contribution in [0.1, 0.15) is 0 Å². The molecule has 0 aliphatic heterocycles. The van der Waals surface area contributed by atoms with Crippen molar-refractivity contribution in [3.05, 3.63) is 42.5 Å². The van der Waals surface area contributed by atoms with Crippen molar-refractivity contribution in [1.29, 1.82) is 0 Å². The number of nitrogens with one attached hydrogen (secondary N) is 1. The van der Waals surface area contributed by atoms with Crippen molar-refractivity contribution in [3.8, 4) is 0 Å². The maximum Gasteiger partial charge on any atom is 0.234 e. The van der Waals surface area contributed by atoms with E-state index in [0.717, 1.165) is 12.1 Å². The van der Waals surface area contributed by atoms with Crippen LogP contribution < -0.4 is 5.32 Å². The monoisotopic (exact) mass is 243 g/mol. The summed E-state index contributed by atoms with van der Waals surface area (Å²) in [5.74, 6) is -0.904. The third-order valence-electron chi connectivity index (χ3n) is 1.67. The highest BCUT2D eigenvalue weighted by molar-refractivity contribution is 8.00. The summed E-state index contributed by atoms with van der Waals surface area (Å²) in [6.07, 6.45) is 1.68. The molecule has 0 atom stereocenters. The van der Waals surface area contributed by atoms with Gasteiger partial charge in [0.25, 0.3) is 0 Å². The summed E-state index contributed by atoms with van der Waals surface area (Å²) in [5, 5.41) is 2.36. The van der Waals surface area contributed by atoms with Crippen LogP contribution >= 0.6 is 11.8 Å². The zero-order valence-corrected chi connectivity index (χ0v) is 9.32. The largest absolute Gasteiger partial charge is 0.323 e. The fourth-order valence-corrected chi connectivity index (χ4v) is 1.55. The molecule has 5 heteroatoms. The molecule has 16 heavy (non-hydrogen) atoms. The molecule has 1 amide bonds. The molecule has 0 radical (unpaired) electrons. The third kappa shape index (κ3) is 4.02. The number of amides is 1. The molecule has 86 valence electrons. The van der Waals surface area contributed by atoms with Gasteiger partial charge in [0.2, 0.25) is 5.91 Å². The van der Waals surface area contributed by atoms with E-state index in [2.05, 4.69) is 11.9 Å². The zero-order valence-electron chi connectivity index (χ0n) is 8.50. The Morgan fingerprint density at radius 3 is 2.88 bits per heavy atom. The van der Waals surface area contributed by atoms with Crippen LogP contribution in [0.15, 0.2) is 30.9 Å². The van der Waals surface area contributed by atoms with Gasteiger partial charge >= 0.3 is 0 Å². The van der Waals surface area contributed by atoms with Crippen LogP contribution in [-0.2, 0) is 4.79 Å². The molecule has 0 heterocycles. The summed E-state index contributed by atoms with van der Waals surface area (Å²) in [4.78, 5) is 11.3. The van der Waals surface area contributed by atoms with E-state index in [1.807, 2.05) is 0 Å². The highest BCUT2D eigenvalue weighted by Crippen LogP contribution is 2.15. The minimum atomic E-state index is -0.776. The number of carbonyl (C=O) groups is 1. The molecule has 2 nitrogen and oxygen atoms in total. The maximum absolute atomic E-state index is 13.1. The lowest BCUT2D eigenvalue weighted by Gasteiger charge is -2.05. The number of halogens is 2. The van der Waals surface area contributed by atoms with E-state index >= 15 is 0 Å². The average Bonchev–Trinajstić information content (AvgIpc) is 2.23. The molecular formula is C11H11F2NOS. The lowest BCUT2D eigenvalue weighted by atomic mass is 10.3. The minimum Gasteiger partial charge on any atom is -0.323 e. The first-order valence-electron chi connectivity index (χ1n) is 4.57. The second-order valence-electron chi connectivity index (χ2n) is 2.98. The Bertz CT molecular complexity index is 396. The second-order valence-corrected chi connectivity index (χ2v) is 4.01. The zero-order chi connectivity index (χ0) is 12.0. The summed E-state index contributed by atoms with van der Waals surface area (Å²) < 4.78 is 25.7. The van der Waals surface area contributed by atoms with E-state index in [-0.39, 0.29) is 17.3 Å². The van der Waals surface area contributed by atoms with Crippen molar-refractivity contribution in [2.45, 2.75) is 0 Å². The lowest BCUT2D eigenvalue weighted by molar-refractivity contribution is -0.113. The summed E-state index contributed by atoms with van der Waals surface area (Å²) in [7, 11) is 0. The normalized spacial score (nSPS) is 9.88. The Morgan fingerprint density at radius 2 is 2.25 bits per heavy atom. The van der Waals surface area contributed by atoms with Gasteiger partial charge in [0.1, 0.15) is 11.6 Å². The van der Waals surface area contributed by atoms with Crippen molar-refractivity contribution in [2.75, 3.05) is 16.8 Å². The molecule has 1 aromatic rings. The van der Waals surface area contributed by atoms with Crippen LogP contribution in [0.2, 0.25) is 0 Å². The molecule has 0 aliphatic carbocycles. The number of carbonyl (C=O) groups excluding carboxylic acids is 1. The van der Waals surface area contributed by atoms with Crippen molar-refractivity contribution in [1.82, 2.24) is 0 Å². The molecule has 1 rings (SSSR count). The average molecular weight is 243 g/mol. The minimum absolute atomic E-state index is 0.00870. The van der Waals surface area contributed by atoms with Gasteiger partial charge in [-0.15, -0.1) is 18.3 Å². The summed E-state index contributed by atoms with van der Waals surface area (Å²) >= 11 is 1.36. The van der Waals surface area contributed by atoms with E-state index in [1.165, 1.54) is 17.8 Å². The van der Waals surface area contributed by atoms with E-state index in [1.54, 1.807) is 6.08 Å². The number of anilines is 1. The quantitative estimate of drug-likeness (QED) is 0.636. The Balaban J connectivity index is 2.52. The second kappa shape index (κ2) is 6.27. The SMILES string of the molecule is C=CCSCC(=O)Nc1ccc(F)cc1F. The predicted molar refractivity (Wildman–Crippen MR) is 62.5 cm³/mol. The van der Waals surface area contributed by atoms with Gasteiger partial charge in [0.05, 0.1) is 11.4 Å². The Labute approximate surface area is 96.7 Å². The molecule has 0 fully saturated rings. The first-order chi connectivity index (χ1) is 7.63. The lowest BCUT2D eigenvalue weighted by Crippen LogP contribution is -2.15. The summed E-state index contributed by atoms with van der Waals surface area (Å²) in [6.45, 7) is 3.51. The number of hydrogen-bond acceptors (Lipinski definition) is 2. The van der Waals surface area contributed by atoms with E-state index < -0.39 is 11.6 Å². The topological polar surface area (TPSA) is 29.1 Å². The van der Waals surface area contributed by atoms with Gasteiger partial charge in [-0.25, -0.2) is 8.78 Å². The van der Waals surface area contributed by atoms with Crippen LogP contribution in [0.25, 0.3) is 0 Å². The van der Waals surface area contributed by atoms with Gasteiger partial charge in [0, 0.05) is 11.8 Å². The summed E-state index contributed by atoms with van der Waals surface area (Å²) in [6, 6.07) is 3.02. The van der Waals surface area contributed by atoms with Crippen molar-refractivity contribution >= 4 is 23.4 Å². The number of benzene rings is 1. The van der Waals surface area contributed by atoms with E-state index in [0.29, 0.717) is 5.75 Å². The van der Waals surface area contributed by atoms with Crippen molar-refractivity contribution in [2.24, 2.45) is 0 Å². The highest BCUT2D eigenvalue weighted by Gasteiger charge is 2.07. The van der Waals surface area contributed by atoms with Gasteiger partial charge < -0.3 is 5.32 Å². The first kappa shape index (κ1) is 12.7. The fourth-order valence-electron chi connectivity index (χ4n) is 1.01. The van der Waals surface area contributed by atoms with Gasteiger partial charge in [-0.3, -0.25) is 4.79 Å². The van der Waals surface area contributed by atoms with Crippen LogP contribution in [0.3, 0.4) is 0 Å². The smallest absolute Gasteiger partial charge is 0.234 e. The molecule has 1 N–H and O–H groups in total. The van der Waals surface area contributed by atoms with Crippen LogP contribution in [0.4, 0.5) is 14.5 Å². The van der Waals surface area contributed by atoms with Crippen LogP contribution in [0, 0.1) is 11.6 Å². The Kier molecular flexibility index (Phi) is 4.98. The van der Waals surface area contributed by atoms with E-state index in [9.17, 15) is 13.6 Å². The molecular weight excluding hydrogens is 232 g/mol. The standard InChI is InChI=1S/C11H11F2NOS/c1-2-5-16-7-11(15)14-10-4-3-8(12)6-9(10)13/h2-4,6H,1,5,7H2,(H,14,15). The number of hydrogen-bond donors (Lipinski definition) is 1. The number of rotatable bonds is 5. The third-order valence-corrected chi connectivity index (χ3v) is 2.61. The molecule has 0 aliphatic rings. The van der Waals surface area contributed by atoms with Gasteiger partial charge in [-0.05, 0) is 12.1 Å². The van der Waals surface area contributed by atoms with Gasteiger partial charge in [-0.1, -0.05) is 6.08 Å². The van der Waals surface area contributed by atoms with E-state index in [4.69, 9.17) is 0 Å². The molecule has 0 spiro atoms. The fraction of sp³-hybridized carbons (Fsp3) is 0.182. The van der Waals surface area contributed by atoms with Crippen molar-refractivity contribution in [3.63, 3.8) is 0 Å². The van der Waals surface area contributed by atoms with Crippen LogP contribution in [0.5, 0.6) is 0 Å². The van der Waals surface area contributed by atoms with Gasteiger partial charge in [-0.2, -0.15) is 0 Å². The molecule has 0 bridgehead atoms. The van der Waals surface area contributed by atoms with Crippen molar-refractivity contribution < 1.29 is 13.6 Å². The molecule has 0 saturated heterocycles. The molecule has 0 unspecified atom stereocenters. The number of thioether (sulfide) groups is 1. The first-order valence-corrected chi connectivity index (χ1v) is 5.72. The highest BCUT2D eigenvalue weighted by atomic mass is 32.2. The molecule has 0 saturated carbocycles. The summed E-state index contributed by atoms with van der Waals surface area (Å²) in [5.41, 5.74) is -0.00870. The van der Waals surface area contributed by atoms with Crippen LogP contribution in [-0.4, -0.2) is 17.4 Å². The van der Waals surface area contributed by atoms with Gasteiger partial charge in [0.15, 0.2) is 0 Å². The predicted octanol–water partition coefficient (Wildman–Crippen LogP) is 2.82. The Morgan fingerprint density at radius 1 is 1.50 bits per heavy atom. The maximum atomic E-state index is 13.1. The molecule has 0 aromatic heterocycles.